The van der Waals surface area contributed by atoms with Crippen LogP contribution in [-0.4, -0.2) is 18.8 Å². The minimum atomic E-state index is -0.551. The smallest absolute Gasteiger partial charge is 0.166 e. The molecule has 3 nitrogen and oxygen atoms in total. The molecule has 0 spiro atoms. The van der Waals surface area contributed by atoms with Crippen molar-refractivity contribution in [3.8, 4) is 11.5 Å². The molecule has 0 aliphatic rings. The molecule has 0 aliphatic heterocycles. The summed E-state index contributed by atoms with van der Waals surface area (Å²) in [4.78, 5) is 0. The van der Waals surface area contributed by atoms with Crippen LogP contribution in [0.15, 0.2) is 18.2 Å². The van der Waals surface area contributed by atoms with Crippen molar-refractivity contribution in [3.63, 3.8) is 0 Å². The van der Waals surface area contributed by atoms with Gasteiger partial charge in [0.2, 0.25) is 0 Å². The molecule has 0 aliphatic carbocycles. The lowest BCUT2D eigenvalue weighted by Crippen LogP contribution is -2.00. The molecule has 0 unspecified atom stereocenters. The van der Waals surface area contributed by atoms with Crippen LogP contribution in [0.1, 0.15) is 25.5 Å². The van der Waals surface area contributed by atoms with Crippen molar-refractivity contribution >= 4 is 0 Å². The van der Waals surface area contributed by atoms with Crippen LogP contribution >= 0.6 is 0 Å². The molecular formula is C11H16O3. The van der Waals surface area contributed by atoms with Crippen LogP contribution in [0.3, 0.4) is 0 Å². The molecule has 1 N–H and O–H groups in total. The van der Waals surface area contributed by atoms with E-state index in [1.807, 2.05) is 25.1 Å². The van der Waals surface area contributed by atoms with Crippen LogP contribution in [0.25, 0.3) is 0 Å². The number of aliphatic hydroxyl groups is 1. The number of para-hydroxylation sites is 1. The molecule has 1 atom stereocenters. The maximum Gasteiger partial charge on any atom is 0.166 e. The van der Waals surface area contributed by atoms with Crippen molar-refractivity contribution in [2.45, 2.75) is 20.0 Å². The van der Waals surface area contributed by atoms with Gasteiger partial charge in [0, 0.05) is 5.56 Å². The first-order valence-corrected chi connectivity index (χ1v) is 4.68. The molecule has 0 saturated heterocycles. The zero-order chi connectivity index (χ0) is 10.6. The fraction of sp³-hybridized carbons (Fsp3) is 0.455. The van der Waals surface area contributed by atoms with E-state index in [0.29, 0.717) is 18.1 Å². The molecule has 1 aromatic carbocycles. The number of hydrogen-bond acceptors (Lipinski definition) is 3. The summed E-state index contributed by atoms with van der Waals surface area (Å²) >= 11 is 0. The van der Waals surface area contributed by atoms with E-state index >= 15 is 0 Å². The van der Waals surface area contributed by atoms with E-state index < -0.39 is 6.10 Å². The first-order chi connectivity index (χ1) is 6.70. The quantitative estimate of drug-likeness (QED) is 0.801. The molecular weight excluding hydrogens is 180 g/mol. The number of rotatable bonds is 4. The highest BCUT2D eigenvalue weighted by molar-refractivity contribution is 5.47. The molecule has 1 rings (SSSR count). The SMILES string of the molecule is CCOc1cccc([C@@H](C)O)c1OC. The number of methoxy groups -OCH3 is 1. The summed E-state index contributed by atoms with van der Waals surface area (Å²) in [5.41, 5.74) is 0.749. The van der Waals surface area contributed by atoms with Gasteiger partial charge in [0.25, 0.3) is 0 Å². The topological polar surface area (TPSA) is 38.7 Å². The van der Waals surface area contributed by atoms with Crippen molar-refractivity contribution in [2.24, 2.45) is 0 Å². The Balaban J connectivity index is 3.11. The van der Waals surface area contributed by atoms with E-state index in [9.17, 15) is 5.11 Å². The van der Waals surface area contributed by atoms with Crippen LogP contribution in [0.4, 0.5) is 0 Å². The fourth-order valence-electron chi connectivity index (χ4n) is 1.35. The molecule has 1 aromatic rings. The molecule has 78 valence electrons. The Kier molecular flexibility index (Phi) is 3.77. The van der Waals surface area contributed by atoms with Gasteiger partial charge in [-0.25, -0.2) is 0 Å². The molecule has 0 saturated carbocycles. The van der Waals surface area contributed by atoms with E-state index in [-0.39, 0.29) is 0 Å². The summed E-state index contributed by atoms with van der Waals surface area (Å²) in [5, 5.41) is 9.49. The lowest BCUT2D eigenvalue weighted by Gasteiger charge is -2.14. The van der Waals surface area contributed by atoms with E-state index in [1.54, 1.807) is 14.0 Å². The summed E-state index contributed by atoms with van der Waals surface area (Å²) in [6.45, 7) is 4.20. The van der Waals surface area contributed by atoms with Gasteiger partial charge in [0.1, 0.15) is 0 Å². The van der Waals surface area contributed by atoms with Crippen molar-refractivity contribution in [1.29, 1.82) is 0 Å². The Morgan fingerprint density at radius 2 is 2.14 bits per heavy atom. The highest BCUT2D eigenvalue weighted by Gasteiger charge is 2.13. The Bertz CT molecular complexity index is 295. The lowest BCUT2D eigenvalue weighted by atomic mass is 10.1. The summed E-state index contributed by atoms with van der Waals surface area (Å²) in [5.74, 6) is 1.29. The highest BCUT2D eigenvalue weighted by Crippen LogP contribution is 2.34. The Hall–Kier alpha value is -1.22. The van der Waals surface area contributed by atoms with Crippen LogP contribution in [-0.2, 0) is 0 Å². The maximum absolute atomic E-state index is 9.49. The second kappa shape index (κ2) is 4.86. The number of ether oxygens (including phenoxy) is 2. The van der Waals surface area contributed by atoms with Gasteiger partial charge in [-0.3, -0.25) is 0 Å². The van der Waals surface area contributed by atoms with Gasteiger partial charge >= 0.3 is 0 Å². The third kappa shape index (κ3) is 2.17. The highest BCUT2D eigenvalue weighted by atomic mass is 16.5. The van der Waals surface area contributed by atoms with Crippen molar-refractivity contribution in [3.05, 3.63) is 23.8 Å². The van der Waals surface area contributed by atoms with Gasteiger partial charge in [0.05, 0.1) is 19.8 Å². The zero-order valence-electron chi connectivity index (χ0n) is 8.78. The van der Waals surface area contributed by atoms with Crippen LogP contribution in [0.5, 0.6) is 11.5 Å². The zero-order valence-corrected chi connectivity index (χ0v) is 8.78. The molecule has 0 fully saturated rings. The van der Waals surface area contributed by atoms with Crippen molar-refractivity contribution < 1.29 is 14.6 Å². The molecule has 0 bridgehead atoms. The van der Waals surface area contributed by atoms with E-state index in [2.05, 4.69) is 0 Å². The molecule has 0 amide bonds. The Labute approximate surface area is 84.3 Å². The minimum Gasteiger partial charge on any atom is -0.492 e. The maximum atomic E-state index is 9.49. The first-order valence-electron chi connectivity index (χ1n) is 4.68. The summed E-state index contributed by atoms with van der Waals surface area (Å²) in [7, 11) is 1.57. The van der Waals surface area contributed by atoms with Gasteiger partial charge in [0.15, 0.2) is 11.5 Å². The van der Waals surface area contributed by atoms with Crippen molar-refractivity contribution in [2.75, 3.05) is 13.7 Å². The summed E-state index contributed by atoms with van der Waals surface area (Å²) in [6.07, 6.45) is -0.551. The largest absolute Gasteiger partial charge is 0.492 e. The van der Waals surface area contributed by atoms with Gasteiger partial charge in [-0.2, -0.15) is 0 Å². The first kappa shape index (κ1) is 10.9. The predicted octanol–water partition coefficient (Wildman–Crippen LogP) is 2.15. The van der Waals surface area contributed by atoms with Gasteiger partial charge in [-0.05, 0) is 19.9 Å². The third-order valence-corrected chi connectivity index (χ3v) is 1.96. The molecule has 0 radical (unpaired) electrons. The Morgan fingerprint density at radius 3 is 2.64 bits per heavy atom. The lowest BCUT2D eigenvalue weighted by molar-refractivity contribution is 0.192. The summed E-state index contributed by atoms with van der Waals surface area (Å²) in [6, 6.07) is 5.50. The second-order valence-corrected chi connectivity index (χ2v) is 2.99. The summed E-state index contributed by atoms with van der Waals surface area (Å²) < 4.78 is 10.6. The number of hydrogen-bond donors (Lipinski definition) is 1. The van der Waals surface area contributed by atoms with Crippen LogP contribution in [0, 0.1) is 0 Å². The number of benzene rings is 1. The van der Waals surface area contributed by atoms with Gasteiger partial charge in [-0.15, -0.1) is 0 Å². The standard InChI is InChI=1S/C11H16O3/c1-4-14-10-7-5-6-9(8(2)12)11(10)13-3/h5-8,12H,4H2,1-3H3/t8-/m1/s1. The van der Waals surface area contributed by atoms with Gasteiger partial charge in [-0.1, -0.05) is 12.1 Å². The van der Waals surface area contributed by atoms with Gasteiger partial charge < -0.3 is 14.6 Å². The Morgan fingerprint density at radius 1 is 1.43 bits per heavy atom. The monoisotopic (exact) mass is 196 g/mol. The van der Waals surface area contributed by atoms with E-state index in [0.717, 1.165) is 5.56 Å². The fourth-order valence-corrected chi connectivity index (χ4v) is 1.35. The normalized spacial score (nSPS) is 12.3. The second-order valence-electron chi connectivity index (χ2n) is 2.99. The molecule has 14 heavy (non-hydrogen) atoms. The minimum absolute atomic E-state index is 0.551. The molecule has 3 heteroatoms. The average Bonchev–Trinajstić information content (AvgIpc) is 2.18. The molecule has 0 aromatic heterocycles. The van der Waals surface area contributed by atoms with Crippen molar-refractivity contribution in [1.82, 2.24) is 0 Å². The molecule has 0 heterocycles. The van der Waals surface area contributed by atoms with Crippen LogP contribution in [0.2, 0.25) is 0 Å². The predicted molar refractivity (Wildman–Crippen MR) is 54.8 cm³/mol. The van der Waals surface area contributed by atoms with E-state index in [4.69, 9.17) is 9.47 Å². The third-order valence-electron chi connectivity index (χ3n) is 1.96. The average molecular weight is 196 g/mol. The number of aliphatic hydroxyl groups excluding tert-OH is 1. The van der Waals surface area contributed by atoms with E-state index in [1.165, 1.54) is 0 Å². The van der Waals surface area contributed by atoms with Crippen LogP contribution < -0.4 is 9.47 Å².